The van der Waals surface area contributed by atoms with Crippen LogP contribution in [0.4, 0.5) is 22.0 Å². The summed E-state index contributed by atoms with van der Waals surface area (Å²) in [6, 6.07) is 14.3. The molecular formula is C32H30F5N3O3S. The van der Waals surface area contributed by atoms with Crippen molar-refractivity contribution in [3.05, 3.63) is 89.2 Å². The van der Waals surface area contributed by atoms with Gasteiger partial charge in [-0.1, -0.05) is 42.5 Å². The number of alkyl halides is 4. The molecule has 6 nitrogen and oxygen atoms in total. The molecule has 0 unspecified atom stereocenters. The number of halogens is 5. The molecule has 0 aliphatic heterocycles. The van der Waals surface area contributed by atoms with Gasteiger partial charge in [0, 0.05) is 19.1 Å². The van der Waals surface area contributed by atoms with Crippen LogP contribution in [0.3, 0.4) is 0 Å². The van der Waals surface area contributed by atoms with E-state index in [0.717, 1.165) is 26.2 Å². The van der Waals surface area contributed by atoms with Crippen LogP contribution in [0.15, 0.2) is 71.6 Å². The van der Waals surface area contributed by atoms with E-state index in [4.69, 9.17) is 5.26 Å². The van der Waals surface area contributed by atoms with Crippen molar-refractivity contribution < 1.29 is 35.2 Å². The van der Waals surface area contributed by atoms with Crippen LogP contribution in [0.25, 0.3) is 11.1 Å². The zero-order valence-corrected chi connectivity index (χ0v) is 24.9. The average Bonchev–Trinajstić information content (AvgIpc) is 2.94. The van der Waals surface area contributed by atoms with Crippen molar-refractivity contribution >= 4 is 15.6 Å². The molecule has 0 heterocycles. The van der Waals surface area contributed by atoms with Gasteiger partial charge in [-0.2, -0.15) is 23.7 Å². The van der Waals surface area contributed by atoms with E-state index in [1.165, 1.54) is 60.7 Å². The monoisotopic (exact) mass is 631 g/mol. The predicted molar refractivity (Wildman–Crippen MR) is 154 cm³/mol. The second-order valence-electron chi connectivity index (χ2n) is 11.2. The number of benzene rings is 3. The number of carbonyl (C=O) groups excluding carboxylic acids is 1. The smallest absolute Gasteiger partial charge is 0.298 e. The third kappa shape index (κ3) is 9.43. The number of nitriles is 2. The minimum atomic E-state index is -4.89. The molecule has 1 N–H and O–H groups in total. The van der Waals surface area contributed by atoms with Gasteiger partial charge in [-0.3, -0.25) is 10.1 Å². The molecule has 3 rings (SSSR count). The Bertz CT molecular complexity index is 1670. The molecule has 0 aromatic heterocycles. The van der Waals surface area contributed by atoms with E-state index in [1.54, 1.807) is 6.07 Å². The van der Waals surface area contributed by atoms with E-state index >= 15 is 0 Å². The van der Waals surface area contributed by atoms with Gasteiger partial charge in [0.25, 0.3) is 0 Å². The van der Waals surface area contributed by atoms with Crippen molar-refractivity contribution in [2.75, 3.05) is 6.26 Å². The Morgan fingerprint density at radius 1 is 0.932 bits per heavy atom. The molecule has 0 bridgehead atoms. The molecule has 232 valence electrons. The van der Waals surface area contributed by atoms with Crippen molar-refractivity contribution in [2.45, 2.75) is 61.9 Å². The Hall–Kier alpha value is -4.13. The molecule has 12 heteroatoms. The fourth-order valence-corrected chi connectivity index (χ4v) is 5.32. The third-order valence-corrected chi connectivity index (χ3v) is 8.04. The van der Waals surface area contributed by atoms with Gasteiger partial charge in [-0.15, -0.1) is 0 Å². The zero-order valence-electron chi connectivity index (χ0n) is 24.1. The summed E-state index contributed by atoms with van der Waals surface area (Å²) in [5.41, 5.74) is -1.11. The van der Waals surface area contributed by atoms with Gasteiger partial charge >= 0.3 is 6.18 Å². The maximum atomic E-state index is 14.7. The Labute approximate surface area is 253 Å². The lowest BCUT2D eigenvalue weighted by atomic mass is 9.88. The lowest BCUT2D eigenvalue weighted by Crippen LogP contribution is -2.47. The highest BCUT2D eigenvalue weighted by Gasteiger charge is 2.44. The topological polar surface area (TPSA) is 111 Å². The van der Waals surface area contributed by atoms with Gasteiger partial charge in [0.05, 0.1) is 34.6 Å². The number of hydrogen-bond donors (Lipinski definition) is 1. The zero-order chi connectivity index (χ0) is 32.9. The number of rotatable bonds is 12. The molecule has 3 aromatic rings. The number of ketones is 1. The summed E-state index contributed by atoms with van der Waals surface area (Å²) in [6.07, 6.45) is -5.25. The molecule has 0 amide bonds. The van der Waals surface area contributed by atoms with Gasteiger partial charge in [0.15, 0.2) is 15.6 Å². The first-order valence-corrected chi connectivity index (χ1v) is 15.3. The van der Waals surface area contributed by atoms with E-state index in [9.17, 15) is 40.4 Å². The van der Waals surface area contributed by atoms with Crippen LogP contribution in [-0.4, -0.2) is 38.3 Å². The van der Waals surface area contributed by atoms with E-state index < -0.39 is 64.1 Å². The SMILES string of the molecule is CC(C)(F)C[C@H](N[C@@H](c1ccc(-c2ccc(S(C)(=O)=O)cc2)cc1)C(F)(F)F)C(=O)C[C@H](C#N)Cc1ccc(C#N)cc1F. The highest BCUT2D eigenvalue weighted by molar-refractivity contribution is 7.90. The number of hydrogen-bond acceptors (Lipinski definition) is 6. The maximum absolute atomic E-state index is 14.7. The summed E-state index contributed by atoms with van der Waals surface area (Å²) < 4.78 is 95.5. The molecule has 0 aliphatic rings. The summed E-state index contributed by atoms with van der Waals surface area (Å²) in [7, 11) is -3.43. The van der Waals surface area contributed by atoms with Crippen LogP contribution in [0.2, 0.25) is 0 Å². The molecule has 0 fully saturated rings. The first kappa shape index (κ1) is 34.4. The molecular weight excluding hydrogens is 601 g/mol. The van der Waals surface area contributed by atoms with E-state index in [-0.39, 0.29) is 28.0 Å². The van der Waals surface area contributed by atoms with Crippen LogP contribution in [-0.2, 0) is 21.1 Å². The molecule has 44 heavy (non-hydrogen) atoms. The number of Topliss-reactive ketones (excluding diaryl/α,β-unsaturated/α-hetero) is 1. The molecule has 3 aromatic carbocycles. The van der Waals surface area contributed by atoms with Crippen LogP contribution in [0.5, 0.6) is 0 Å². The molecule has 0 saturated carbocycles. The minimum Gasteiger partial charge on any atom is -0.298 e. The van der Waals surface area contributed by atoms with Crippen molar-refractivity contribution in [1.82, 2.24) is 5.32 Å². The van der Waals surface area contributed by atoms with Crippen molar-refractivity contribution in [3.8, 4) is 23.3 Å². The quantitative estimate of drug-likeness (QED) is 0.220. The lowest BCUT2D eigenvalue weighted by molar-refractivity contribution is -0.161. The second kappa shape index (κ2) is 13.7. The van der Waals surface area contributed by atoms with Crippen molar-refractivity contribution in [1.29, 1.82) is 10.5 Å². The van der Waals surface area contributed by atoms with Gasteiger partial charge in [-0.25, -0.2) is 17.2 Å². The largest absolute Gasteiger partial charge is 0.407 e. The van der Waals surface area contributed by atoms with Gasteiger partial charge in [0.2, 0.25) is 0 Å². The average molecular weight is 632 g/mol. The Morgan fingerprint density at radius 2 is 1.50 bits per heavy atom. The normalized spacial score (nSPS) is 14.2. The second-order valence-corrected chi connectivity index (χ2v) is 13.2. The number of sulfone groups is 1. The van der Waals surface area contributed by atoms with E-state index in [1.807, 2.05) is 6.07 Å². The molecule has 0 saturated heterocycles. The first-order chi connectivity index (χ1) is 20.4. The van der Waals surface area contributed by atoms with Crippen LogP contribution in [0, 0.1) is 34.4 Å². The van der Waals surface area contributed by atoms with Gasteiger partial charge < -0.3 is 0 Å². The maximum Gasteiger partial charge on any atom is 0.407 e. The standard InChI is InChI=1S/C32H30F5N3O3S/c1-31(2,34)17-28(29(41)16-21(19-39)14-25-5-4-20(18-38)15-27(25)33)40-30(32(35,36)37)24-8-6-22(7-9-24)23-10-12-26(13-11-23)44(3,42)43/h4-13,15,21,28,30,40H,14,16-17H2,1-3H3/t21-,28+,30+/m1/s1. The summed E-state index contributed by atoms with van der Waals surface area (Å²) in [6.45, 7) is 2.24. The predicted octanol–water partition coefficient (Wildman–Crippen LogP) is 6.81. The summed E-state index contributed by atoms with van der Waals surface area (Å²) >= 11 is 0. The Kier molecular flexibility index (Phi) is 10.7. The van der Waals surface area contributed by atoms with Crippen molar-refractivity contribution in [2.24, 2.45) is 5.92 Å². The summed E-state index contributed by atoms with van der Waals surface area (Å²) in [5, 5.41) is 20.8. The third-order valence-electron chi connectivity index (χ3n) is 6.91. The fourth-order valence-electron chi connectivity index (χ4n) is 4.69. The number of carbonyl (C=O) groups is 1. The molecule has 0 spiro atoms. The summed E-state index contributed by atoms with van der Waals surface area (Å²) in [4.78, 5) is 13.4. The highest BCUT2D eigenvalue weighted by atomic mass is 32.2. The number of nitrogens with one attached hydrogen (secondary N) is 1. The number of nitrogens with zero attached hydrogens (tertiary/aromatic N) is 2. The Balaban J connectivity index is 1.85. The first-order valence-electron chi connectivity index (χ1n) is 13.4. The van der Waals surface area contributed by atoms with Crippen LogP contribution < -0.4 is 5.32 Å². The lowest BCUT2D eigenvalue weighted by Gasteiger charge is -2.30. The highest BCUT2D eigenvalue weighted by Crippen LogP contribution is 2.35. The molecule has 3 atom stereocenters. The van der Waals surface area contributed by atoms with Gasteiger partial charge in [-0.05, 0) is 66.8 Å². The Morgan fingerprint density at radius 3 is 1.95 bits per heavy atom. The summed E-state index contributed by atoms with van der Waals surface area (Å²) in [5.74, 6) is -2.72. The fraction of sp³-hybridized carbons (Fsp3) is 0.344. The minimum absolute atomic E-state index is 0.0536. The molecule has 0 aliphatic carbocycles. The van der Waals surface area contributed by atoms with E-state index in [2.05, 4.69) is 5.32 Å². The molecule has 0 radical (unpaired) electrons. The van der Waals surface area contributed by atoms with E-state index in [0.29, 0.717) is 11.1 Å². The van der Waals surface area contributed by atoms with Gasteiger partial charge in [0.1, 0.15) is 17.5 Å². The van der Waals surface area contributed by atoms with Crippen LogP contribution in [0.1, 0.15) is 49.4 Å². The van der Waals surface area contributed by atoms with Crippen molar-refractivity contribution in [3.63, 3.8) is 0 Å². The van der Waals surface area contributed by atoms with Crippen LogP contribution >= 0.6 is 0 Å².